The summed E-state index contributed by atoms with van der Waals surface area (Å²) in [5.74, 6) is -0.0204. The molecule has 6 nitrogen and oxygen atoms in total. The van der Waals surface area contributed by atoms with Crippen LogP contribution in [0.1, 0.15) is 16.2 Å². The van der Waals surface area contributed by atoms with Crippen LogP contribution in [0.25, 0.3) is 5.82 Å². The number of pyridine rings is 1. The fourth-order valence-corrected chi connectivity index (χ4v) is 1.42. The number of rotatable bonds is 2. The highest BCUT2D eigenvalue weighted by atomic mass is 16.5. The molecule has 0 aromatic carbocycles. The predicted molar refractivity (Wildman–Crippen MR) is 57.4 cm³/mol. The van der Waals surface area contributed by atoms with Crippen molar-refractivity contribution in [3.63, 3.8) is 0 Å². The first-order valence-electron chi connectivity index (χ1n) is 4.75. The van der Waals surface area contributed by atoms with E-state index in [2.05, 4.69) is 14.7 Å². The molecule has 0 unspecified atom stereocenters. The molecule has 0 radical (unpaired) electrons. The van der Waals surface area contributed by atoms with Crippen LogP contribution in [0.4, 0.5) is 0 Å². The number of methoxy groups -OCH3 is 1. The van der Waals surface area contributed by atoms with Gasteiger partial charge < -0.3 is 4.74 Å². The van der Waals surface area contributed by atoms with Gasteiger partial charge in [0.2, 0.25) is 5.82 Å². The topological polar surface area (TPSA) is 80.8 Å². The molecule has 0 aliphatic carbocycles. The van der Waals surface area contributed by atoms with Gasteiger partial charge in [0.05, 0.1) is 7.11 Å². The molecule has 0 aliphatic rings. The van der Waals surface area contributed by atoms with Crippen molar-refractivity contribution in [3.05, 3.63) is 42.1 Å². The number of nitrogens with zero attached hydrogens (tertiary/aromatic N) is 4. The summed E-state index contributed by atoms with van der Waals surface area (Å²) in [7, 11) is 1.29. The second kappa shape index (κ2) is 4.45. The van der Waals surface area contributed by atoms with Crippen molar-refractivity contribution in [3.8, 4) is 11.9 Å². The summed E-state index contributed by atoms with van der Waals surface area (Å²) in [5, 5.41) is 8.88. The lowest BCUT2D eigenvalue weighted by molar-refractivity contribution is 0.0600. The maximum atomic E-state index is 11.6. The Morgan fingerprint density at radius 3 is 3.00 bits per heavy atom. The molecule has 6 heteroatoms. The van der Waals surface area contributed by atoms with Crippen LogP contribution in [-0.4, -0.2) is 27.6 Å². The largest absolute Gasteiger partial charge is 0.465 e. The third-order valence-corrected chi connectivity index (χ3v) is 2.16. The summed E-state index contributed by atoms with van der Waals surface area (Å²) in [6, 6.07) is 5.12. The fourth-order valence-electron chi connectivity index (χ4n) is 1.42. The van der Waals surface area contributed by atoms with Crippen molar-refractivity contribution in [1.29, 1.82) is 5.26 Å². The molecule has 0 bridgehead atoms. The van der Waals surface area contributed by atoms with Gasteiger partial charge in [0, 0.05) is 18.6 Å². The first-order valence-corrected chi connectivity index (χ1v) is 4.75. The lowest BCUT2D eigenvalue weighted by Crippen LogP contribution is -2.10. The van der Waals surface area contributed by atoms with Crippen molar-refractivity contribution in [2.45, 2.75) is 0 Å². The van der Waals surface area contributed by atoms with Gasteiger partial charge in [-0.05, 0) is 12.1 Å². The Morgan fingerprint density at radius 1 is 1.47 bits per heavy atom. The Hall–Kier alpha value is -2.68. The average molecular weight is 228 g/mol. The Bertz CT molecular complexity index is 598. The molecule has 2 heterocycles. The Balaban J connectivity index is 2.61. The number of ether oxygens (including phenoxy) is 1. The highest BCUT2D eigenvalue weighted by Gasteiger charge is 2.15. The van der Waals surface area contributed by atoms with E-state index in [0.29, 0.717) is 5.82 Å². The predicted octanol–water partition coefficient (Wildman–Crippen LogP) is 0.926. The van der Waals surface area contributed by atoms with Gasteiger partial charge in [0.15, 0.2) is 5.82 Å². The molecule has 0 aliphatic heterocycles. The van der Waals surface area contributed by atoms with E-state index in [0.717, 1.165) is 0 Å². The van der Waals surface area contributed by atoms with Crippen molar-refractivity contribution in [1.82, 2.24) is 14.5 Å². The smallest absolute Gasteiger partial charge is 0.341 e. The molecule has 17 heavy (non-hydrogen) atoms. The zero-order valence-electron chi connectivity index (χ0n) is 8.99. The summed E-state index contributed by atoms with van der Waals surface area (Å²) < 4.78 is 6.09. The minimum Gasteiger partial charge on any atom is -0.465 e. The zero-order valence-corrected chi connectivity index (χ0v) is 8.99. The third kappa shape index (κ3) is 1.86. The van der Waals surface area contributed by atoms with Crippen molar-refractivity contribution >= 4 is 5.97 Å². The molecule has 0 saturated carbocycles. The van der Waals surface area contributed by atoms with Crippen LogP contribution in [0.15, 0.2) is 30.7 Å². The highest BCUT2D eigenvalue weighted by Crippen LogP contribution is 2.14. The van der Waals surface area contributed by atoms with Crippen LogP contribution in [0.5, 0.6) is 0 Å². The summed E-state index contributed by atoms with van der Waals surface area (Å²) in [5.41, 5.74) is 0.282. The molecule has 2 aromatic heterocycles. The summed E-state index contributed by atoms with van der Waals surface area (Å²) >= 11 is 0. The second-order valence-electron chi connectivity index (χ2n) is 3.10. The number of hydrogen-bond acceptors (Lipinski definition) is 5. The molecule has 2 aromatic rings. The first-order chi connectivity index (χ1) is 8.27. The van der Waals surface area contributed by atoms with Gasteiger partial charge in [-0.15, -0.1) is 0 Å². The molecule has 0 fully saturated rings. The van der Waals surface area contributed by atoms with Crippen molar-refractivity contribution in [2.75, 3.05) is 7.11 Å². The maximum absolute atomic E-state index is 11.6. The van der Waals surface area contributed by atoms with Crippen molar-refractivity contribution < 1.29 is 9.53 Å². The fraction of sp³-hybridized carbons (Fsp3) is 0.0909. The zero-order chi connectivity index (χ0) is 12.3. The van der Waals surface area contributed by atoms with E-state index in [9.17, 15) is 4.79 Å². The Kier molecular flexibility index (Phi) is 2.83. The first kappa shape index (κ1) is 10.8. The van der Waals surface area contributed by atoms with Gasteiger partial charge in [0.25, 0.3) is 0 Å². The van der Waals surface area contributed by atoms with Gasteiger partial charge in [0.1, 0.15) is 11.6 Å². The average Bonchev–Trinajstić information content (AvgIpc) is 2.86. The van der Waals surface area contributed by atoms with Crippen LogP contribution in [-0.2, 0) is 4.74 Å². The van der Waals surface area contributed by atoms with Crippen LogP contribution in [0.2, 0.25) is 0 Å². The summed E-state index contributed by atoms with van der Waals surface area (Å²) in [6.07, 6.45) is 4.56. The Labute approximate surface area is 97.1 Å². The van der Waals surface area contributed by atoms with E-state index in [4.69, 9.17) is 5.26 Å². The SMILES string of the molecule is COC(=O)c1cccnc1-n1ccnc1C#N. The minimum atomic E-state index is -0.509. The van der Waals surface area contributed by atoms with Crippen molar-refractivity contribution in [2.24, 2.45) is 0 Å². The van der Waals surface area contributed by atoms with Crippen LogP contribution in [0.3, 0.4) is 0 Å². The summed E-state index contributed by atoms with van der Waals surface area (Å²) in [4.78, 5) is 19.5. The molecular formula is C11H8N4O2. The van der Waals surface area contributed by atoms with E-state index in [1.165, 1.54) is 24.1 Å². The number of carbonyl (C=O) groups excluding carboxylic acids is 1. The number of imidazole rings is 1. The number of hydrogen-bond donors (Lipinski definition) is 0. The molecule has 2 rings (SSSR count). The van der Waals surface area contributed by atoms with E-state index in [-0.39, 0.29) is 11.4 Å². The monoisotopic (exact) mass is 228 g/mol. The van der Waals surface area contributed by atoms with E-state index < -0.39 is 5.97 Å². The molecule has 0 N–H and O–H groups in total. The standard InChI is InChI=1S/C11H8N4O2/c1-17-11(16)8-3-2-4-14-10(8)15-6-5-13-9(15)7-12/h2-6H,1H3. The number of esters is 1. The van der Waals surface area contributed by atoms with Gasteiger partial charge in [-0.25, -0.2) is 14.8 Å². The van der Waals surface area contributed by atoms with Gasteiger partial charge in [-0.3, -0.25) is 4.57 Å². The molecule has 0 saturated heterocycles. The molecule has 0 spiro atoms. The normalized spacial score (nSPS) is 9.65. The number of nitriles is 1. The second-order valence-corrected chi connectivity index (χ2v) is 3.10. The minimum absolute atomic E-state index is 0.161. The van der Waals surface area contributed by atoms with Crippen LogP contribution >= 0.6 is 0 Å². The van der Waals surface area contributed by atoms with Gasteiger partial charge in [-0.1, -0.05) is 0 Å². The highest BCUT2D eigenvalue weighted by molar-refractivity contribution is 5.92. The summed E-state index contributed by atoms with van der Waals surface area (Å²) in [6.45, 7) is 0. The lowest BCUT2D eigenvalue weighted by Gasteiger charge is -2.07. The van der Waals surface area contributed by atoms with Gasteiger partial charge in [-0.2, -0.15) is 5.26 Å². The van der Waals surface area contributed by atoms with Crippen LogP contribution in [0, 0.1) is 11.3 Å². The van der Waals surface area contributed by atoms with E-state index in [1.807, 2.05) is 6.07 Å². The van der Waals surface area contributed by atoms with Gasteiger partial charge >= 0.3 is 5.97 Å². The maximum Gasteiger partial charge on any atom is 0.341 e. The molecular weight excluding hydrogens is 220 g/mol. The molecule has 0 atom stereocenters. The van der Waals surface area contributed by atoms with E-state index in [1.54, 1.807) is 18.3 Å². The molecule has 84 valence electrons. The lowest BCUT2D eigenvalue weighted by atomic mass is 10.2. The van der Waals surface area contributed by atoms with Crippen LogP contribution < -0.4 is 0 Å². The number of aromatic nitrogens is 3. The number of carbonyl (C=O) groups is 1. The Morgan fingerprint density at radius 2 is 2.29 bits per heavy atom. The molecule has 0 amide bonds. The third-order valence-electron chi connectivity index (χ3n) is 2.16. The van der Waals surface area contributed by atoms with E-state index >= 15 is 0 Å². The quantitative estimate of drug-likeness (QED) is 0.714.